The smallest absolute Gasteiger partial charge is 0.378 e. The zero-order valence-electron chi connectivity index (χ0n) is 14.4. The first-order valence-corrected chi connectivity index (χ1v) is 9.19. The summed E-state index contributed by atoms with van der Waals surface area (Å²) in [5.74, 6) is 0. The molecule has 0 saturated heterocycles. The van der Waals surface area contributed by atoms with E-state index < -0.39 is 11.7 Å². The van der Waals surface area contributed by atoms with Crippen molar-refractivity contribution in [1.82, 2.24) is 14.4 Å². The number of hydrogen-bond donors (Lipinski definition) is 1. The van der Waals surface area contributed by atoms with Gasteiger partial charge in [-0.05, 0) is 45.3 Å². The van der Waals surface area contributed by atoms with Gasteiger partial charge in [-0.15, -0.1) is 0 Å². The van der Waals surface area contributed by atoms with Crippen LogP contribution in [0.25, 0.3) is 16.8 Å². The fourth-order valence-corrected chi connectivity index (χ4v) is 3.39. The van der Waals surface area contributed by atoms with Crippen molar-refractivity contribution >= 4 is 27.3 Å². The van der Waals surface area contributed by atoms with E-state index in [4.69, 9.17) is 0 Å². The largest absolute Gasteiger partial charge is 0.417 e. The van der Waals surface area contributed by atoms with Gasteiger partial charge in [-0.25, -0.2) is 4.98 Å². The van der Waals surface area contributed by atoms with Gasteiger partial charge in [-0.2, -0.15) is 13.2 Å². The summed E-state index contributed by atoms with van der Waals surface area (Å²) in [6, 6.07) is 11.0. The lowest BCUT2D eigenvalue weighted by Gasteiger charge is -2.15. The number of halogens is 4. The van der Waals surface area contributed by atoms with Crippen molar-refractivity contribution in [3.8, 4) is 11.1 Å². The summed E-state index contributed by atoms with van der Waals surface area (Å²) in [6.45, 7) is 0.471. The van der Waals surface area contributed by atoms with Gasteiger partial charge in [-0.1, -0.05) is 24.3 Å². The summed E-state index contributed by atoms with van der Waals surface area (Å²) in [4.78, 5) is 8.43. The monoisotopic (exact) mass is 446 g/mol. The molecule has 0 aliphatic carbocycles. The van der Waals surface area contributed by atoms with Crippen molar-refractivity contribution in [2.45, 2.75) is 12.7 Å². The van der Waals surface area contributed by atoms with E-state index in [-0.39, 0.29) is 5.56 Å². The maximum Gasteiger partial charge on any atom is 0.417 e. The predicted octanol–water partition coefficient (Wildman–Crippen LogP) is 5.79. The predicted molar refractivity (Wildman–Crippen MR) is 105 cm³/mol. The standard InChI is InChI=1S/C20H14BrF3N4/c21-18-11-27-19-17(26-10-13-4-3-7-25-9-13)8-14(12-28(18)19)15-5-1-2-6-16(15)20(22,23)24/h1-9,11-12,26H,10H2. The van der Waals surface area contributed by atoms with Gasteiger partial charge in [0.25, 0.3) is 0 Å². The van der Waals surface area contributed by atoms with Gasteiger partial charge in [0, 0.05) is 30.7 Å². The van der Waals surface area contributed by atoms with Crippen LogP contribution >= 0.6 is 15.9 Å². The molecule has 3 aromatic heterocycles. The molecule has 0 amide bonds. The van der Waals surface area contributed by atoms with Crippen LogP contribution in [-0.4, -0.2) is 14.4 Å². The summed E-state index contributed by atoms with van der Waals surface area (Å²) in [5, 5.41) is 3.26. The molecule has 142 valence electrons. The van der Waals surface area contributed by atoms with Gasteiger partial charge in [0.05, 0.1) is 17.4 Å². The number of alkyl halides is 3. The van der Waals surface area contributed by atoms with Crippen molar-refractivity contribution in [1.29, 1.82) is 0 Å². The maximum absolute atomic E-state index is 13.5. The molecule has 0 bridgehead atoms. The second kappa shape index (κ2) is 7.27. The van der Waals surface area contributed by atoms with E-state index in [9.17, 15) is 13.2 Å². The van der Waals surface area contributed by atoms with Crippen LogP contribution in [-0.2, 0) is 12.7 Å². The molecule has 1 aromatic carbocycles. The number of benzene rings is 1. The molecule has 0 saturated carbocycles. The lowest BCUT2D eigenvalue weighted by Crippen LogP contribution is -2.08. The third-order valence-electron chi connectivity index (χ3n) is 4.31. The summed E-state index contributed by atoms with van der Waals surface area (Å²) in [7, 11) is 0. The van der Waals surface area contributed by atoms with Gasteiger partial charge in [-0.3, -0.25) is 9.38 Å². The van der Waals surface area contributed by atoms with Crippen LogP contribution in [0.4, 0.5) is 18.9 Å². The number of fused-ring (bicyclic) bond motifs is 1. The number of hydrogen-bond acceptors (Lipinski definition) is 3. The molecule has 0 atom stereocenters. The first kappa shape index (κ1) is 18.5. The molecular weight excluding hydrogens is 433 g/mol. The van der Waals surface area contributed by atoms with Crippen LogP contribution < -0.4 is 5.32 Å². The molecule has 0 fully saturated rings. The second-order valence-electron chi connectivity index (χ2n) is 6.18. The Bertz CT molecular complexity index is 1120. The van der Waals surface area contributed by atoms with Crippen LogP contribution in [0.3, 0.4) is 0 Å². The summed E-state index contributed by atoms with van der Waals surface area (Å²) in [6.07, 6.45) is 2.23. The van der Waals surface area contributed by atoms with Crippen LogP contribution in [0.15, 0.2) is 71.9 Å². The van der Waals surface area contributed by atoms with Gasteiger partial charge in [0.15, 0.2) is 5.65 Å². The number of aromatic nitrogens is 3. The molecule has 4 rings (SSSR count). The minimum absolute atomic E-state index is 0.113. The Balaban J connectivity index is 1.82. The highest BCUT2D eigenvalue weighted by molar-refractivity contribution is 9.10. The Morgan fingerprint density at radius 2 is 1.89 bits per heavy atom. The van der Waals surface area contributed by atoms with Crippen LogP contribution in [0.1, 0.15) is 11.1 Å². The molecule has 28 heavy (non-hydrogen) atoms. The van der Waals surface area contributed by atoms with Crippen molar-refractivity contribution in [2.75, 3.05) is 5.32 Å². The number of rotatable bonds is 4. The normalized spacial score (nSPS) is 11.7. The number of nitrogens with zero attached hydrogens (tertiary/aromatic N) is 3. The zero-order valence-corrected chi connectivity index (χ0v) is 16.0. The number of anilines is 1. The SMILES string of the molecule is FC(F)(F)c1ccccc1-c1cc(NCc2cccnc2)c2ncc(Br)n2c1. The molecule has 0 unspecified atom stereocenters. The van der Waals surface area contributed by atoms with Gasteiger partial charge in [0.1, 0.15) is 4.60 Å². The Labute approximate surface area is 167 Å². The topological polar surface area (TPSA) is 42.2 Å². The van der Waals surface area contributed by atoms with Crippen molar-refractivity contribution in [3.05, 3.63) is 83.0 Å². The van der Waals surface area contributed by atoms with E-state index >= 15 is 0 Å². The lowest BCUT2D eigenvalue weighted by molar-refractivity contribution is -0.137. The summed E-state index contributed by atoms with van der Waals surface area (Å²) < 4.78 is 42.8. The molecule has 4 nitrogen and oxygen atoms in total. The number of imidazole rings is 1. The molecule has 0 spiro atoms. The molecule has 8 heteroatoms. The average molecular weight is 447 g/mol. The molecule has 4 aromatic rings. The second-order valence-corrected chi connectivity index (χ2v) is 6.99. The number of nitrogens with one attached hydrogen (secondary N) is 1. The zero-order chi connectivity index (χ0) is 19.7. The van der Waals surface area contributed by atoms with E-state index in [1.807, 2.05) is 12.1 Å². The average Bonchev–Trinajstić information content (AvgIpc) is 3.07. The van der Waals surface area contributed by atoms with Crippen molar-refractivity contribution < 1.29 is 13.2 Å². The van der Waals surface area contributed by atoms with E-state index in [1.165, 1.54) is 12.1 Å². The Morgan fingerprint density at radius 3 is 2.64 bits per heavy atom. The third kappa shape index (κ3) is 3.60. The van der Waals surface area contributed by atoms with Crippen molar-refractivity contribution in [3.63, 3.8) is 0 Å². The highest BCUT2D eigenvalue weighted by atomic mass is 79.9. The van der Waals surface area contributed by atoms with Crippen LogP contribution in [0, 0.1) is 0 Å². The lowest BCUT2D eigenvalue weighted by atomic mass is 10.0. The first-order chi connectivity index (χ1) is 13.4. The summed E-state index contributed by atoms with van der Waals surface area (Å²) in [5.41, 5.74) is 2.07. The molecular formula is C20H14BrF3N4. The highest BCUT2D eigenvalue weighted by Gasteiger charge is 2.33. The molecule has 1 N–H and O–H groups in total. The Kier molecular flexibility index (Phi) is 4.80. The minimum atomic E-state index is -4.44. The molecule has 0 aliphatic heterocycles. The Hall–Kier alpha value is -2.87. The quantitative estimate of drug-likeness (QED) is 0.431. The van der Waals surface area contributed by atoms with Crippen molar-refractivity contribution in [2.24, 2.45) is 0 Å². The fraction of sp³-hybridized carbons (Fsp3) is 0.100. The maximum atomic E-state index is 13.5. The summed E-state index contributed by atoms with van der Waals surface area (Å²) >= 11 is 3.40. The van der Waals surface area contributed by atoms with E-state index in [0.29, 0.717) is 28.0 Å². The van der Waals surface area contributed by atoms with Gasteiger partial charge >= 0.3 is 6.18 Å². The fourth-order valence-electron chi connectivity index (χ4n) is 3.02. The minimum Gasteiger partial charge on any atom is -0.378 e. The van der Waals surface area contributed by atoms with E-state index in [0.717, 1.165) is 11.6 Å². The molecule has 3 heterocycles. The highest BCUT2D eigenvalue weighted by Crippen LogP contribution is 2.38. The third-order valence-corrected chi connectivity index (χ3v) is 4.90. The van der Waals surface area contributed by atoms with Gasteiger partial charge < -0.3 is 5.32 Å². The van der Waals surface area contributed by atoms with Crippen LogP contribution in [0.5, 0.6) is 0 Å². The molecule has 0 aliphatic rings. The van der Waals surface area contributed by atoms with Crippen LogP contribution in [0.2, 0.25) is 0 Å². The van der Waals surface area contributed by atoms with E-state index in [2.05, 4.69) is 31.2 Å². The van der Waals surface area contributed by atoms with E-state index in [1.54, 1.807) is 41.3 Å². The molecule has 0 radical (unpaired) electrons. The first-order valence-electron chi connectivity index (χ1n) is 8.39. The Morgan fingerprint density at radius 1 is 1.07 bits per heavy atom. The number of pyridine rings is 2. The van der Waals surface area contributed by atoms with Gasteiger partial charge in [0.2, 0.25) is 0 Å².